The number of halogens is 5. The fraction of sp³-hybridized carbons (Fsp3) is 0.206. The van der Waals surface area contributed by atoms with E-state index in [2.05, 4.69) is 212 Å². The molecule has 0 unspecified atom stereocenters. The van der Waals surface area contributed by atoms with Crippen molar-refractivity contribution >= 4 is 54.3 Å². The van der Waals surface area contributed by atoms with Gasteiger partial charge >= 0.3 is 15.6 Å². The van der Waals surface area contributed by atoms with Crippen molar-refractivity contribution < 1.29 is 94.2 Å². The molecule has 0 spiro atoms. The van der Waals surface area contributed by atoms with Gasteiger partial charge in [0.25, 0.3) is 0 Å². The van der Waals surface area contributed by atoms with Crippen LogP contribution in [-0.2, 0) is 50.3 Å². The predicted octanol–water partition coefficient (Wildman–Crippen LogP) is 24.6. The number of fused-ring (bicyclic) bond motifs is 6. The van der Waals surface area contributed by atoms with Crippen molar-refractivity contribution in [1.29, 1.82) is 0 Å². The Labute approximate surface area is 719 Å². The summed E-state index contributed by atoms with van der Waals surface area (Å²) < 4.78 is 96.1. The van der Waals surface area contributed by atoms with Gasteiger partial charge in [-0.25, -0.2) is 18.7 Å². The molecular weight excluding hydrogens is 1890 g/mol. The summed E-state index contributed by atoms with van der Waals surface area (Å²) in [5.74, 6) is 1.15. The summed E-state index contributed by atoms with van der Waals surface area (Å²) >= 11 is 0. The van der Waals surface area contributed by atoms with E-state index in [-0.39, 0.29) is 51.8 Å². The Bertz CT molecular complexity index is 5690. The summed E-state index contributed by atoms with van der Waals surface area (Å²) in [4.78, 5) is 31.8. The van der Waals surface area contributed by atoms with Crippen LogP contribution in [0.25, 0.3) is 123 Å². The van der Waals surface area contributed by atoms with Crippen LogP contribution in [-0.4, -0.2) is 77.8 Å². The van der Waals surface area contributed by atoms with Crippen LogP contribution in [0.2, 0.25) is 0 Å². The van der Waals surface area contributed by atoms with Gasteiger partial charge in [-0.15, -0.1) is 124 Å². The Hall–Kier alpha value is -11.0. The van der Waals surface area contributed by atoms with Crippen LogP contribution in [0.3, 0.4) is 0 Å². The number of benzene rings is 7. The molecule has 0 bridgehead atoms. The number of alkyl halides is 3. The third-order valence-corrected chi connectivity index (χ3v) is 19.6. The van der Waals surface area contributed by atoms with Gasteiger partial charge in [-0.05, 0) is 190 Å². The summed E-state index contributed by atoms with van der Waals surface area (Å²) in [5, 5.41) is 18.0. The normalized spacial score (nSPS) is 10.8. The van der Waals surface area contributed by atoms with Gasteiger partial charge in [0, 0.05) is 117 Å². The molecule has 0 aliphatic heterocycles. The first-order valence-electron chi connectivity index (χ1n) is 37.6. The van der Waals surface area contributed by atoms with E-state index in [1.807, 2.05) is 113 Å². The second-order valence-corrected chi connectivity index (χ2v) is 29.7. The van der Waals surface area contributed by atoms with E-state index < -0.39 is 15.6 Å². The third-order valence-electron chi connectivity index (χ3n) is 19.0. The molecule has 0 aliphatic rings. The summed E-state index contributed by atoms with van der Waals surface area (Å²) in [6, 6.07) is 83.3. The van der Waals surface area contributed by atoms with Gasteiger partial charge in [0.2, 0.25) is 11.4 Å². The molecule has 0 amide bonds. The minimum absolute atomic E-state index is 0. The largest absolute Gasteiger partial charge is 0.522 e. The Morgan fingerprint density at radius 2 is 0.748 bits per heavy atom. The van der Waals surface area contributed by atoms with E-state index in [0.29, 0.717) is 34.8 Å². The molecule has 7 aromatic carbocycles. The molecule has 0 atom stereocenters. The molecular formula is C97H92F5Ir2N7O7S-4. The first-order valence-corrected chi connectivity index (χ1v) is 39.1. The Morgan fingerprint density at radius 1 is 0.387 bits per heavy atom. The van der Waals surface area contributed by atoms with Crippen LogP contribution in [0.5, 0.6) is 0 Å². The maximum absolute atomic E-state index is 13.2. The van der Waals surface area contributed by atoms with Crippen LogP contribution in [0.4, 0.5) is 22.0 Å². The van der Waals surface area contributed by atoms with Gasteiger partial charge in [0.05, 0.1) is 11.3 Å². The summed E-state index contributed by atoms with van der Waals surface area (Å²) in [6.45, 7) is 29.4. The van der Waals surface area contributed by atoms with Crippen LogP contribution >= 0.6 is 0 Å². The zero-order valence-electron chi connectivity index (χ0n) is 68.7. The summed E-state index contributed by atoms with van der Waals surface area (Å²) in [6.07, 6.45) is 3.50. The van der Waals surface area contributed by atoms with Gasteiger partial charge in [0.15, 0.2) is 0 Å². The molecule has 9 heterocycles. The zero-order chi connectivity index (χ0) is 85.0. The molecule has 620 valence electrons. The van der Waals surface area contributed by atoms with E-state index in [1.54, 1.807) is 36.7 Å². The second-order valence-electron chi connectivity index (χ2n) is 28.3. The third kappa shape index (κ3) is 25.0. The quantitative estimate of drug-likeness (QED) is 0.0503. The van der Waals surface area contributed by atoms with E-state index in [9.17, 15) is 22.0 Å². The fourth-order valence-corrected chi connectivity index (χ4v) is 11.9. The van der Waals surface area contributed by atoms with Crippen molar-refractivity contribution in [1.82, 2.24) is 34.9 Å². The number of rotatable bonds is 10. The van der Waals surface area contributed by atoms with Gasteiger partial charge in [0.1, 0.15) is 17.2 Å². The van der Waals surface area contributed by atoms with E-state index in [4.69, 9.17) is 32.0 Å². The Kier molecular flexibility index (Phi) is 34.9. The number of para-hydroxylation sites is 1. The number of aryl methyl sites for hydroxylation is 8. The van der Waals surface area contributed by atoms with Gasteiger partial charge in [-0.1, -0.05) is 149 Å². The number of furan rings is 2. The van der Waals surface area contributed by atoms with Crippen LogP contribution in [0.1, 0.15) is 121 Å². The van der Waals surface area contributed by atoms with Gasteiger partial charge < -0.3 is 39.0 Å². The van der Waals surface area contributed by atoms with Crippen molar-refractivity contribution in [2.24, 2.45) is 0 Å². The molecule has 0 fully saturated rings. The van der Waals surface area contributed by atoms with Gasteiger partial charge in [-0.2, -0.15) is 21.6 Å². The smallest absolute Gasteiger partial charge is 0.486 e. The average Bonchev–Trinajstić information content (AvgIpc) is 1.62. The standard InChI is InChI=1S/C23H15FN2O.C23H14FN2O.3C16H18N.CHF3O3S.2CH4O.2Ir/c2*1-14-5-10-19-18-3-2-4-20(22(18)27-23(19)26-14)21-13-16(11-12-25-21)15-6-8-17(24)9-7-15;3*1-11(2)14-6-8-15(9-7-14)16-10-5-12(3)13(4)17-16;2-1(3,4)8(5,6)7;2*1-2;;/h2-13H,1H3;2-3,5-13H,1H3;3*5-8,10-11H,1-4H3;(H,5,6,7);2*2H,1H3;;/q;4*-1;;;;;. The van der Waals surface area contributed by atoms with Crippen LogP contribution in [0.15, 0.2) is 240 Å². The fourth-order valence-electron chi connectivity index (χ4n) is 11.9. The molecule has 0 aliphatic carbocycles. The molecule has 14 nitrogen and oxygen atoms in total. The number of aliphatic hydroxyl groups is 2. The SMILES string of the molecule is CO.CO.Cc1ccc(-c2[c-]cc(C(C)C)cc2)nc1C.Cc1ccc(-c2[c-]cc(C(C)C)cc2)nc1C.Cc1ccc(-c2[c-]cc(C(C)C)cc2)nc1C.Cc1ccc2c(n1)oc1c(-c3cc(-c4ccc(F)cc4)ccn3)[c-]ccc12.Cc1ccc2c(n1)oc1c(-c3cc(-c4ccc(F)cc4)ccn3)cccc12.O=S(=O)(O)C(F)(F)F.[Ir].[Ir]. The molecule has 3 N–H and O–H groups in total. The van der Waals surface area contributed by atoms with E-state index in [0.717, 1.165) is 148 Å². The number of pyridine rings is 7. The molecule has 9 aromatic heterocycles. The van der Waals surface area contributed by atoms with Gasteiger partial charge in [-0.3, -0.25) is 9.54 Å². The first-order chi connectivity index (χ1) is 55.8. The maximum atomic E-state index is 13.2. The van der Waals surface area contributed by atoms with Crippen molar-refractivity contribution in [3.05, 3.63) is 329 Å². The van der Waals surface area contributed by atoms with Crippen molar-refractivity contribution in [3.63, 3.8) is 0 Å². The van der Waals surface area contributed by atoms with Crippen molar-refractivity contribution in [3.8, 4) is 78.5 Å². The summed E-state index contributed by atoms with van der Waals surface area (Å²) in [7, 11) is -3.84. The molecule has 22 heteroatoms. The van der Waals surface area contributed by atoms with Crippen molar-refractivity contribution in [2.75, 3.05) is 14.2 Å². The number of hydrogen-bond acceptors (Lipinski definition) is 13. The number of aliphatic hydroxyl groups excluding tert-OH is 2. The molecule has 119 heavy (non-hydrogen) atoms. The maximum Gasteiger partial charge on any atom is 0.522 e. The van der Waals surface area contributed by atoms with Crippen LogP contribution < -0.4 is 0 Å². The Balaban J connectivity index is 0.000000201. The monoisotopic (exact) mass is 1980 g/mol. The van der Waals surface area contributed by atoms with Crippen molar-refractivity contribution in [2.45, 2.75) is 120 Å². The average molecular weight is 1980 g/mol. The number of nitrogens with zero attached hydrogens (tertiary/aromatic N) is 7. The zero-order valence-corrected chi connectivity index (χ0v) is 74.3. The molecule has 2 radical (unpaired) electrons. The number of aromatic nitrogens is 7. The molecule has 16 rings (SSSR count). The first kappa shape index (κ1) is 95.1. The van der Waals surface area contributed by atoms with Crippen LogP contribution in [0, 0.1) is 91.3 Å². The topological polar surface area (TPSA) is 211 Å². The molecule has 0 saturated heterocycles. The molecule has 0 saturated carbocycles. The minimum atomic E-state index is -5.84. The van der Waals surface area contributed by atoms with E-state index in [1.165, 1.54) is 57.6 Å². The van der Waals surface area contributed by atoms with E-state index >= 15 is 0 Å². The minimum Gasteiger partial charge on any atom is -0.486 e. The molecule has 16 aromatic rings. The second kappa shape index (κ2) is 43.6. The summed E-state index contributed by atoms with van der Waals surface area (Å²) in [5.41, 5.74) is 23.2. The number of hydrogen-bond donors (Lipinski definition) is 3. The Morgan fingerprint density at radius 3 is 1.10 bits per heavy atom. The predicted molar refractivity (Wildman–Crippen MR) is 459 cm³/mol.